The predicted molar refractivity (Wildman–Crippen MR) is 84.4 cm³/mol. The number of ether oxygens (including phenoxy) is 1. The molecular formula is C18H18FNO4. The Bertz CT molecular complexity index is 741. The zero-order chi connectivity index (χ0) is 17.1. The first-order valence-corrected chi connectivity index (χ1v) is 7.78. The molecule has 2 aromatic rings. The Morgan fingerprint density at radius 3 is 2.92 bits per heavy atom. The van der Waals surface area contributed by atoms with E-state index >= 15 is 0 Å². The van der Waals surface area contributed by atoms with E-state index in [0.29, 0.717) is 13.2 Å². The van der Waals surface area contributed by atoms with Crippen LogP contribution < -0.4 is 0 Å². The van der Waals surface area contributed by atoms with Crippen LogP contribution >= 0.6 is 0 Å². The van der Waals surface area contributed by atoms with Crippen LogP contribution in [-0.4, -0.2) is 42.4 Å². The number of rotatable bonds is 4. The fourth-order valence-corrected chi connectivity index (χ4v) is 2.80. The second-order valence-corrected chi connectivity index (χ2v) is 5.82. The molecule has 0 aliphatic carbocycles. The number of furan rings is 1. The molecule has 1 aromatic heterocycles. The Labute approximate surface area is 139 Å². The monoisotopic (exact) mass is 331 g/mol. The molecule has 0 saturated carbocycles. The second kappa shape index (κ2) is 6.97. The second-order valence-electron chi connectivity index (χ2n) is 5.82. The molecule has 1 saturated heterocycles. The van der Waals surface area contributed by atoms with Crippen molar-refractivity contribution in [1.29, 1.82) is 0 Å². The lowest BCUT2D eigenvalue weighted by Crippen LogP contribution is -2.49. The normalized spacial score (nSPS) is 17.8. The third-order valence-corrected chi connectivity index (χ3v) is 4.06. The van der Waals surface area contributed by atoms with Crippen LogP contribution in [0.1, 0.15) is 32.9 Å². The van der Waals surface area contributed by atoms with Gasteiger partial charge in [0.15, 0.2) is 11.5 Å². The van der Waals surface area contributed by atoms with Gasteiger partial charge in [0.25, 0.3) is 5.91 Å². The molecule has 5 nitrogen and oxygen atoms in total. The van der Waals surface area contributed by atoms with E-state index in [9.17, 15) is 14.0 Å². The Kier molecular flexibility index (Phi) is 4.76. The number of nitrogens with zero attached hydrogens (tertiary/aromatic N) is 1. The van der Waals surface area contributed by atoms with Crippen LogP contribution in [0.5, 0.6) is 0 Å². The van der Waals surface area contributed by atoms with Crippen molar-refractivity contribution in [1.82, 2.24) is 4.90 Å². The van der Waals surface area contributed by atoms with Gasteiger partial charge in [0.05, 0.1) is 31.1 Å². The molecule has 1 aromatic carbocycles. The first kappa shape index (κ1) is 16.4. The van der Waals surface area contributed by atoms with E-state index in [1.54, 1.807) is 25.1 Å². The molecule has 1 aliphatic rings. The van der Waals surface area contributed by atoms with Crippen molar-refractivity contribution < 1.29 is 23.1 Å². The molecule has 24 heavy (non-hydrogen) atoms. The highest BCUT2D eigenvalue weighted by Crippen LogP contribution is 2.20. The molecule has 0 bridgehead atoms. The van der Waals surface area contributed by atoms with Crippen molar-refractivity contribution in [2.24, 2.45) is 0 Å². The number of carbonyl (C=O) groups is 2. The molecule has 0 N–H and O–H groups in total. The van der Waals surface area contributed by atoms with Crippen LogP contribution in [0, 0.1) is 12.7 Å². The average molecular weight is 331 g/mol. The smallest absolute Gasteiger partial charge is 0.257 e. The number of hydrogen-bond acceptors (Lipinski definition) is 4. The standard InChI is InChI=1S/C18H18FNO4/c1-12-4-5-15(19)14(9-12)18(22)20-6-8-23-11-13(20)10-16(21)17-3-2-7-24-17/h2-5,7,9,13H,6,8,10-11H2,1H3/t13-/m0/s1. The minimum atomic E-state index is -0.562. The number of ketones is 1. The van der Waals surface area contributed by atoms with E-state index in [1.165, 1.54) is 23.3 Å². The maximum atomic E-state index is 14.0. The van der Waals surface area contributed by atoms with Crippen molar-refractivity contribution in [3.8, 4) is 0 Å². The number of aryl methyl sites for hydroxylation is 1. The molecule has 3 rings (SSSR count). The molecule has 1 atom stereocenters. The highest BCUT2D eigenvalue weighted by atomic mass is 19.1. The summed E-state index contributed by atoms with van der Waals surface area (Å²) in [6.07, 6.45) is 1.50. The highest BCUT2D eigenvalue weighted by molar-refractivity contribution is 5.97. The summed E-state index contributed by atoms with van der Waals surface area (Å²) in [5, 5.41) is 0. The van der Waals surface area contributed by atoms with Gasteiger partial charge < -0.3 is 14.1 Å². The van der Waals surface area contributed by atoms with E-state index in [2.05, 4.69) is 0 Å². The third kappa shape index (κ3) is 3.38. The fraction of sp³-hybridized carbons (Fsp3) is 0.333. The van der Waals surface area contributed by atoms with Crippen LogP contribution in [-0.2, 0) is 4.74 Å². The van der Waals surface area contributed by atoms with Crippen LogP contribution in [0.3, 0.4) is 0 Å². The lowest BCUT2D eigenvalue weighted by Gasteiger charge is -2.35. The zero-order valence-electron chi connectivity index (χ0n) is 13.3. The van der Waals surface area contributed by atoms with E-state index in [0.717, 1.165) is 5.56 Å². The Morgan fingerprint density at radius 2 is 2.17 bits per heavy atom. The van der Waals surface area contributed by atoms with Gasteiger partial charge in [-0.05, 0) is 31.2 Å². The molecular weight excluding hydrogens is 313 g/mol. The van der Waals surface area contributed by atoms with Gasteiger partial charge >= 0.3 is 0 Å². The molecule has 1 amide bonds. The maximum absolute atomic E-state index is 14.0. The summed E-state index contributed by atoms with van der Waals surface area (Å²) in [5.41, 5.74) is 0.823. The quantitative estimate of drug-likeness (QED) is 0.808. The number of carbonyl (C=O) groups excluding carboxylic acids is 2. The van der Waals surface area contributed by atoms with E-state index in [4.69, 9.17) is 9.15 Å². The van der Waals surface area contributed by atoms with Crippen LogP contribution in [0.2, 0.25) is 0 Å². The van der Waals surface area contributed by atoms with Crippen LogP contribution in [0.15, 0.2) is 41.0 Å². The largest absolute Gasteiger partial charge is 0.461 e. The third-order valence-electron chi connectivity index (χ3n) is 4.06. The van der Waals surface area contributed by atoms with Gasteiger partial charge in [-0.2, -0.15) is 0 Å². The molecule has 0 unspecified atom stereocenters. The van der Waals surface area contributed by atoms with Gasteiger partial charge in [-0.15, -0.1) is 0 Å². The lowest BCUT2D eigenvalue weighted by molar-refractivity contribution is -0.00325. The van der Waals surface area contributed by atoms with E-state index in [1.807, 2.05) is 0 Å². The zero-order valence-corrected chi connectivity index (χ0v) is 13.3. The summed E-state index contributed by atoms with van der Waals surface area (Å²) in [6, 6.07) is 7.20. The first-order chi connectivity index (χ1) is 11.6. The molecule has 126 valence electrons. The van der Waals surface area contributed by atoms with Gasteiger partial charge in [-0.3, -0.25) is 9.59 Å². The highest BCUT2D eigenvalue weighted by Gasteiger charge is 2.31. The Hall–Kier alpha value is -2.47. The molecule has 0 radical (unpaired) electrons. The van der Waals surface area contributed by atoms with Crippen molar-refractivity contribution in [3.63, 3.8) is 0 Å². The number of morpholine rings is 1. The number of amides is 1. The summed E-state index contributed by atoms with van der Waals surface area (Å²) in [4.78, 5) is 26.5. The molecule has 6 heteroatoms. The summed E-state index contributed by atoms with van der Waals surface area (Å²) < 4.78 is 24.5. The summed E-state index contributed by atoms with van der Waals surface area (Å²) in [6.45, 7) is 2.73. The molecule has 0 spiro atoms. The number of hydrogen-bond donors (Lipinski definition) is 0. The van der Waals surface area contributed by atoms with Gasteiger partial charge in [-0.25, -0.2) is 4.39 Å². The summed E-state index contributed by atoms with van der Waals surface area (Å²) >= 11 is 0. The van der Waals surface area contributed by atoms with Crippen molar-refractivity contribution in [2.75, 3.05) is 19.8 Å². The minimum absolute atomic E-state index is 0.0207. The van der Waals surface area contributed by atoms with Gasteiger partial charge in [0.1, 0.15) is 5.82 Å². The summed E-state index contributed by atoms with van der Waals surface area (Å²) in [7, 11) is 0. The lowest BCUT2D eigenvalue weighted by atomic mass is 10.0. The van der Waals surface area contributed by atoms with Crippen LogP contribution in [0.25, 0.3) is 0 Å². The van der Waals surface area contributed by atoms with Gasteiger partial charge in [-0.1, -0.05) is 11.6 Å². The van der Waals surface area contributed by atoms with E-state index in [-0.39, 0.29) is 30.1 Å². The number of Topliss-reactive ketones (excluding diaryl/α,β-unsaturated/α-hetero) is 1. The van der Waals surface area contributed by atoms with Gasteiger partial charge in [0, 0.05) is 13.0 Å². The minimum Gasteiger partial charge on any atom is -0.461 e. The Morgan fingerprint density at radius 1 is 1.33 bits per heavy atom. The molecule has 2 heterocycles. The Balaban J connectivity index is 1.80. The fourth-order valence-electron chi connectivity index (χ4n) is 2.80. The number of benzene rings is 1. The van der Waals surface area contributed by atoms with Crippen molar-refractivity contribution >= 4 is 11.7 Å². The first-order valence-electron chi connectivity index (χ1n) is 7.78. The molecule has 1 fully saturated rings. The van der Waals surface area contributed by atoms with Crippen molar-refractivity contribution in [3.05, 3.63) is 59.3 Å². The predicted octanol–water partition coefficient (Wildman–Crippen LogP) is 2.84. The molecule has 1 aliphatic heterocycles. The van der Waals surface area contributed by atoms with Crippen LogP contribution in [0.4, 0.5) is 4.39 Å². The average Bonchev–Trinajstić information content (AvgIpc) is 3.12. The number of halogens is 1. The topological polar surface area (TPSA) is 59.8 Å². The van der Waals surface area contributed by atoms with Crippen molar-refractivity contribution in [2.45, 2.75) is 19.4 Å². The summed E-state index contributed by atoms with van der Waals surface area (Å²) in [5.74, 6) is -0.947. The SMILES string of the molecule is Cc1ccc(F)c(C(=O)N2CCOC[C@@H]2CC(=O)c2ccco2)c1. The maximum Gasteiger partial charge on any atom is 0.257 e. The van der Waals surface area contributed by atoms with Gasteiger partial charge in [0.2, 0.25) is 0 Å². The van der Waals surface area contributed by atoms with E-state index < -0.39 is 17.8 Å².